The Hall–Kier alpha value is -1.26. The second kappa shape index (κ2) is 7.10. The van der Waals surface area contributed by atoms with E-state index in [2.05, 4.69) is 5.32 Å². The molecule has 2 fully saturated rings. The number of hydrogen-bond acceptors (Lipinski definition) is 3. The molecule has 0 aromatic carbocycles. The summed E-state index contributed by atoms with van der Waals surface area (Å²) in [6.45, 7) is 5.55. The van der Waals surface area contributed by atoms with Gasteiger partial charge >= 0.3 is 12.1 Å². The van der Waals surface area contributed by atoms with E-state index in [0.29, 0.717) is 0 Å². The largest absolute Gasteiger partial charge is 0.481 e. The van der Waals surface area contributed by atoms with Crippen molar-refractivity contribution in [3.05, 3.63) is 0 Å². The van der Waals surface area contributed by atoms with Crippen molar-refractivity contribution in [2.75, 3.05) is 0 Å². The van der Waals surface area contributed by atoms with Crippen molar-refractivity contribution in [2.45, 2.75) is 90.2 Å². The van der Waals surface area contributed by atoms with E-state index in [0.717, 1.165) is 57.8 Å². The van der Waals surface area contributed by atoms with Crippen molar-refractivity contribution in [1.29, 1.82) is 0 Å². The van der Waals surface area contributed by atoms with Crippen molar-refractivity contribution in [2.24, 2.45) is 11.3 Å². The highest BCUT2D eigenvalue weighted by molar-refractivity contribution is 5.75. The molecule has 2 rings (SSSR count). The Labute approximate surface area is 139 Å². The fourth-order valence-electron chi connectivity index (χ4n) is 4.24. The number of carbonyl (C=O) groups excluding carboxylic acids is 1. The SMILES string of the molecule is CC(C)(C)OC(=O)NC1CCC(C2(C(=O)O)CCCCC2)CC1. The first-order chi connectivity index (χ1) is 10.7. The van der Waals surface area contributed by atoms with Crippen LogP contribution in [-0.2, 0) is 9.53 Å². The maximum atomic E-state index is 11.9. The monoisotopic (exact) mass is 325 g/mol. The Balaban J connectivity index is 1.87. The summed E-state index contributed by atoms with van der Waals surface area (Å²) < 4.78 is 5.30. The number of alkyl carbamates (subject to hydrolysis) is 1. The summed E-state index contributed by atoms with van der Waals surface area (Å²) in [6, 6.07) is 0.107. The first-order valence-electron chi connectivity index (χ1n) is 8.96. The number of aliphatic carboxylic acids is 1. The summed E-state index contributed by atoms with van der Waals surface area (Å²) in [7, 11) is 0. The molecule has 0 unspecified atom stereocenters. The lowest BCUT2D eigenvalue weighted by Crippen LogP contribution is -2.46. The number of rotatable bonds is 3. The molecule has 1 amide bonds. The number of carbonyl (C=O) groups is 2. The van der Waals surface area contributed by atoms with Gasteiger partial charge in [-0.1, -0.05) is 19.3 Å². The molecule has 0 saturated heterocycles. The molecular weight excluding hydrogens is 294 g/mol. The molecule has 0 aliphatic heterocycles. The Kier molecular flexibility index (Phi) is 5.58. The van der Waals surface area contributed by atoms with Crippen LogP contribution in [0.25, 0.3) is 0 Å². The molecule has 0 bridgehead atoms. The van der Waals surface area contributed by atoms with Gasteiger partial charge in [-0.25, -0.2) is 4.79 Å². The number of carboxylic acids is 1. The summed E-state index contributed by atoms with van der Waals surface area (Å²) in [5.41, 5.74) is -1.01. The highest BCUT2D eigenvalue weighted by Crippen LogP contribution is 2.48. The van der Waals surface area contributed by atoms with E-state index < -0.39 is 17.0 Å². The maximum absolute atomic E-state index is 11.9. The minimum atomic E-state index is -0.610. The van der Waals surface area contributed by atoms with E-state index in [1.54, 1.807) is 0 Å². The van der Waals surface area contributed by atoms with Crippen LogP contribution in [0.4, 0.5) is 4.79 Å². The summed E-state index contributed by atoms with van der Waals surface area (Å²) in [4.78, 5) is 23.8. The van der Waals surface area contributed by atoms with Gasteiger partial charge in [-0.15, -0.1) is 0 Å². The number of nitrogens with one attached hydrogen (secondary N) is 1. The fraction of sp³-hybridized carbons (Fsp3) is 0.889. The zero-order chi connectivity index (χ0) is 17.1. The Morgan fingerprint density at radius 3 is 2.09 bits per heavy atom. The van der Waals surface area contributed by atoms with Gasteiger partial charge in [-0.3, -0.25) is 4.79 Å². The molecular formula is C18H31NO4. The number of amides is 1. The highest BCUT2D eigenvalue weighted by Gasteiger charge is 2.47. The minimum absolute atomic E-state index is 0.107. The average molecular weight is 325 g/mol. The van der Waals surface area contributed by atoms with Crippen LogP contribution in [0.2, 0.25) is 0 Å². The molecule has 0 heterocycles. The molecule has 2 aliphatic carbocycles. The molecule has 23 heavy (non-hydrogen) atoms. The van der Waals surface area contributed by atoms with Crippen LogP contribution >= 0.6 is 0 Å². The summed E-state index contributed by atoms with van der Waals surface area (Å²) in [6.07, 6.45) is 7.94. The zero-order valence-corrected chi connectivity index (χ0v) is 14.7. The van der Waals surface area contributed by atoms with E-state index in [4.69, 9.17) is 4.74 Å². The second-order valence-electron chi connectivity index (χ2n) is 8.22. The molecule has 0 radical (unpaired) electrons. The van der Waals surface area contributed by atoms with Gasteiger partial charge < -0.3 is 15.2 Å². The molecule has 2 aliphatic rings. The topological polar surface area (TPSA) is 75.6 Å². The van der Waals surface area contributed by atoms with Crippen LogP contribution in [0.1, 0.15) is 78.6 Å². The zero-order valence-electron chi connectivity index (χ0n) is 14.7. The van der Waals surface area contributed by atoms with Gasteiger partial charge in [0.15, 0.2) is 0 Å². The van der Waals surface area contributed by atoms with E-state index in [-0.39, 0.29) is 18.1 Å². The third-order valence-electron chi connectivity index (χ3n) is 5.40. The molecule has 132 valence electrons. The van der Waals surface area contributed by atoms with Crippen LogP contribution in [0.5, 0.6) is 0 Å². The summed E-state index contributed by atoms with van der Waals surface area (Å²) in [5.74, 6) is -0.363. The van der Waals surface area contributed by atoms with Crippen LogP contribution in [0.15, 0.2) is 0 Å². The Morgan fingerprint density at radius 2 is 1.61 bits per heavy atom. The molecule has 0 aromatic heterocycles. The fourth-order valence-corrected chi connectivity index (χ4v) is 4.24. The molecule has 5 nitrogen and oxygen atoms in total. The lowest BCUT2D eigenvalue weighted by Gasteiger charge is -2.43. The van der Waals surface area contributed by atoms with Crippen LogP contribution in [0, 0.1) is 11.3 Å². The van der Waals surface area contributed by atoms with E-state index in [9.17, 15) is 14.7 Å². The van der Waals surface area contributed by atoms with Crippen molar-refractivity contribution in [1.82, 2.24) is 5.32 Å². The third-order valence-corrected chi connectivity index (χ3v) is 5.40. The Bertz CT molecular complexity index is 427. The molecule has 2 N–H and O–H groups in total. The van der Waals surface area contributed by atoms with Gasteiger partial charge in [0.05, 0.1) is 5.41 Å². The van der Waals surface area contributed by atoms with Gasteiger partial charge in [0.25, 0.3) is 0 Å². The van der Waals surface area contributed by atoms with Crippen molar-refractivity contribution < 1.29 is 19.4 Å². The average Bonchev–Trinajstić information content (AvgIpc) is 2.46. The van der Waals surface area contributed by atoms with Gasteiger partial charge in [0.1, 0.15) is 5.60 Å². The van der Waals surface area contributed by atoms with Gasteiger partial charge in [-0.2, -0.15) is 0 Å². The van der Waals surface area contributed by atoms with Crippen LogP contribution < -0.4 is 5.32 Å². The second-order valence-corrected chi connectivity index (χ2v) is 8.22. The quantitative estimate of drug-likeness (QED) is 0.819. The molecule has 0 aromatic rings. The van der Waals surface area contributed by atoms with Gasteiger partial charge in [-0.05, 0) is 65.2 Å². The normalized spacial score (nSPS) is 28.0. The van der Waals surface area contributed by atoms with Crippen LogP contribution in [-0.4, -0.2) is 28.8 Å². The predicted octanol–water partition coefficient (Wildman–Crippen LogP) is 4.11. The minimum Gasteiger partial charge on any atom is -0.481 e. The number of hydrogen-bond donors (Lipinski definition) is 2. The smallest absolute Gasteiger partial charge is 0.407 e. The maximum Gasteiger partial charge on any atom is 0.407 e. The summed E-state index contributed by atoms with van der Waals surface area (Å²) >= 11 is 0. The molecule has 0 atom stereocenters. The lowest BCUT2D eigenvalue weighted by molar-refractivity contribution is -0.156. The van der Waals surface area contributed by atoms with E-state index >= 15 is 0 Å². The van der Waals surface area contributed by atoms with Gasteiger partial charge in [0.2, 0.25) is 0 Å². The van der Waals surface area contributed by atoms with Crippen molar-refractivity contribution in [3.63, 3.8) is 0 Å². The molecule has 0 spiro atoms. The first kappa shape index (κ1) is 18.1. The lowest BCUT2D eigenvalue weighted by atomic mass is 9.61. The Morgan fingerprint density at radius 1 is 1.04 bits per heavy atom. The van der Waals surface area contributed by atoms with Gasteiger partial charge in [0, 0.05) is 6.04 Å². The highest BCUT2D eigenvalue weighted by atomic mass is 16.6. The predicted molar refractivity (Wildman–Crippen MR) is 88.3 cm³/mol. The number of carboxylic acid groups (broad SMARTS) is 1. The van der Waals surface area contributed by atoms with E-state index in [1.165, 1.54) is 0 Å². The molecule has 2 saturated carbocycles. The van der Waals surface area contributed by atoms with Crippen molar-refractivity contribution in [3.8, 4) is 0 Å². The van der Waals surface area contributed by atoms with Crippen LogP contribution in [0.3, 0.4) is 0 Å². The standard InChI is InChI=1S/C18H31NO4/c1-17(2,3)23-16(22)19-14-9-7-13(8-10-14)18(15(20)21)11-5-4-6-12-18/h13-14H,4-12H2,1-3H3,(H,19,22)(H,20,21). The number of ether oxygens (including phenoxy) is 1. The van der Waals surface area contributed by atoms with E-state index in [1.807, 2.05) is 20.8 Å². The summed E-state index contributed by atoms with van der Waals surface area (Å²) in [5, 5.41) is 12.7. The first-order valence-corrected chi connectivity index (χ1v) is 8.96. The third kappa shape index (κ3) is 4.61. The van der Waals surface area contributed by atoms with Crippen molar-refractivity contribution >= 4 is 12.1 Å². The molecule has 5 heteroatoms.